The van der Waals surface area contributed by atoms with Crippen LogP contribution in [0.15, 0.2) is 60.7 Å². The lowest BCUT2D eigenvalue weighted by atomic mass is 9.89. The van der Waals surface area contributed by atoms with Crippen LogP contribution in [0, 0.1) is 23.7 Å². The number of ketones is 2. The Labute approximate surface area is 317 Å². The lowest BCUT2D eigenvalue weighted by molar-refractivity contribution is -0.146. The Morgan fingerprint density at radius 3 is 1.26 bits per heavy atom. The molecule has 0 aliphatic carbocycles. The van der Waals surface area contributed by atoms with Gasteiger partial charge in [0, 0.05) is 12.8 Å². The van der Waals surface area contributed by atoms with Crippen LogP contribution in [-0.4, -0.2) is 91.1 Å². The molecule has 0 bridgehead atoms. The second kappa shape index (κ2) is 23.1. The van der Waals surface area contributed by atoms with Crippen LogP contribution in [0.4, 0.5) is 9.59 Å². The Kier molecular flexibility index (Phi) is 20.2. The number of carbonyl (C=O) groups is 6. The van der Waals surface area contributed by atoms with Crippen LogP contribution in [0.1, 0.15) is 85.3 Å². The van der Waals surface area contributed by atoms with Gasteiger partial charge < -0.3 is 40.9 Å². The molecule has 0 aliphatic heterocycles. The highest BCUT2D eigenvalue weighted by Gasteiger charge is 2.34. The van der Waals surface area contributed by atoms with Crippen LogP contribution in [0.5, 0.6) is 0 Å². The summed E-state index contributed by atoms with van der Waals surface area (Å²) in [5.41, 5.74) is 0.838. The van der Waals surface area contributed by atoms with Gasteiger partial charge in [-0.05, 0) is 69.4 Å². The van der Waals surface area contributed by atoms with Crippen molar-refractivity contribution in [2.24, 2.45) is 23.7 Å². The van der Waals surface area contributed by atoms with Crippen molar-refractivity contribution in [3.8, 4) is 0 Å². The fourth-order valence-electron chi connectivity index (χ4n) is 5.69. The van der Waals surface area contributed by atoms with Gasteiger partial charge in [0.1, 0.15) is 17.8 Å². The molecule has 14 heteroatoms. The SMILES string of the molecule is CC(C)CC(CC(=O)C(O)C(Cc1ccccc1)NC(=O)O)C(=O)O.CC(C)CC(CC(=O)C(O)C(Cc1ccccc1)NC(=O)OC(C)(C)C)C(=O)O. The summed E-state index contributed by atoms with van der Waals surface area (Å²) in [6.45, 7) is 12.6. The fourth-order valence-corrected chi connectivity index (χ4v) is 5.69. The maximum absolute atomic E-state index is 12.6. The zero-order valence-corrected chi connectivity index (χ0v) is 32.2. The van der Waals surface area contributed by atoms with Crippen molar-refractivity contribution in [2.75, 3.05) is 0 Å². The largest absolute Gasteiger partial charge is 0.481 e. The molecule has 300 valence electrons. The van der Waals surface area contributed by atoms with Crippen LogP contribution >= 0.6 is 0 Å². The number of alkyl carbamates (subject to hydrolysis) is 1. The van der Waals surface area contributed by atoms with Crippen LogP contribution in [0.2, 0.25) is 0 Å². The number of aliphatic carboxylic acids is 2. The summed E-state index contributed by atoms with van der Waals surface area (Å²) in [6.07, 6.45) is -4.91. The molecular formula is C40H58N2O12. The van der Waals surface area contributed by atoms with E-state index >= 15 is 0 Å². The maximum atomic E-state index is 12.6. The maximum Gasteiger partial charge on any atom is 0.407 e. The van der Waals surface area contributed by atoms with Crippen molar-refractivity contribution in [2.45, 2.75) is 117 Å². The lowest BCUT2D eigenvalue weighted by Gasteiger charge is -2.27. The van der Waals surface area contributed by atoms with E-state index in [-0.39, 0.29) is 37.5 Å². The van der Waals surface area contributed by atoms with Crippen molar-refractivity contribution in [3.63, 3.8) is 0 Å². The molecule has 7 N–H and O–H groups in total. The molecule has 0 aromatic heterocycles. The Morgan fingerprint density at radius 1 is 0.611 bits per heavy atom. The lowest BCUT2D eigenvalue weighted by Crippen LogP contribution is -2.50. The Balaban J connectivity index is 0.000000546. The number of benzene rings is 2. The minimum atomic E-state index is -1.61. The standard InChI is InChI=1S/C22H33NO6.C18H25NO6/c1-14(2)11-16(20(26)27)13-18(24)19(25)17(12-15-9-7-6-8-10-15)23-21(28)29-22(3,4)5;1-11(2)8-13(17(22)23)10-15(20)16(21)14(19-18(24)25)9-12-6-4-3-5-7-12/h6-10,14,16-17,19,25H,11-13H2,1-5H3,(H,23,28)(H,26,27);3-7,11,13-14,16,19,21H,8-10H2,1-2H3,(H,22,23)(H,24,25). The fraction of sp³-hybridized carbons (Fsp3) is 0.550. The molecule has 6 unspecified atom stereocenters. The number of carboxylic acid groups (broad SMARTS) is 3. The number of aliphatic hydroxyl groups excluding tert-OH is 2. The van der Waals surface area contributed by atoms with E-state index in [1.807, 2.05) is 58.0 Å². The Morgan fingerprint density at radius 2 is 0.963 bits per heavy atom. The molecule has 6 atom stereocenters. The number of amides is 2. The van der Waals surface area contributed by atoms with E-state index in [0.717, 1.165) is 11.1 Å². The molecule has 54 heavy (non-hydrogen) atoms. The Hall–Kier alpha value is -4.82. The first kappa shape index (κ1) is 47.2. The van der Waals surface area contributed by atoms with Crippen LogP contribution in [0.3, 0.4) is 0 Å². The number of nitrogens with one attached hydrogen (secondary N) is 2. The zero-order chi connectivity index (χ0) is 41.2. The molecular weight excluding hydrogens is 700 g/mol. The number of aliphatic hydroxyl groups is 2. The number of hydrogen-bond acceptors (Lipinski definition) is 9. The van der Waals surface area contributed by atoms with Crippen molar-refractivity contribution < 1.29 is 59.0 Å². The highest BCUT2D eigenvalue weighted by Crippen LogP contribution is 2.20. The van der Waals surface area contributed by atoms with Gasteiger partial charge in [-0.15, -0.1) is 0 Å². The van der Waals surface area contributed by atoms with Gasteiger partial charge in [-0.3, -0.25) is 19.2 Å². The second-order valence-electron chi connectivity index (χ2n) is 15.2. The minimum Gasteiger partial charge on any atom is -0.481 e. The van der Waals surface area contributed by atoms with Gasteiger partial charge >= 0.3 is 24.1 Å². The zero-order valence-electron chi connectivity index (χ0n) is 32.2. The van der Waals surface area contributed by atoms with Gasteiger partial charge in [-0.1, -0.05) is 88.4 Å². The highest BCUT2D eigenvalue weighted by molar-refractivity contribution is 5.88. The van der Waals surface area contributed by atoms with Crippen molar-refractivity contribution in [3.05, 3.63) is 71.8 Å². The van der Waals surface area contributed by atoms with Gasteiger partial charge in [0.2, 0.25) is 0 Å². The number of rotatable bonds is 20. The number of ether oxygens (including phenoxy) is 1. The third-order valence-corrected chi connectivity index (χ3v) is 8.14. The van der Waals surface area contributed by atoms with Crippen LogP contribution in [-0.2, 0) is 36.8 Å². The summed E-state index contributed by atoms with van der Waals surface area (Å²) in [7, 11) is 0. The summed E-state index contributed by atoms with van der Waals surface area (Å²) in [5.74, 6) is -5.05. The topological polar surface area (TPSA) is 237 Å². The summed E-state index contributed by atoms with van der Waals surface area (Å²) < 4.78 is 5.24. The van der Waals surface area contributed by atoms with Crippen LogP contribution in [0.25, 0.3) is 0 Å². The molecule has 14 nitrogen and oxygen atoms in total. The molecule has 0 saturated carbocycles. The third kappa shape index (κ3) is 19.3. The summed E-state index contributed by atoms with van der Waals surface area (Å²) in [5, 5.41) is 53.2. The van der Waals surface area contributed by atoms with E-state index in [1.54, 1.807) is 51.1 Å². The van der Waals surface area contributed by atoms with E-state index in [0.29, 0.717) is 12.8 Å². The molecule has 0 radical (unpaired) electrons. The molecule has 0 saturated heterocycles. The van der Waals surface area contributed by atoms with Gasteiger partial charge in [-0.25, -0.2) is 9.59 Å². The predicted molar refractivity (Wildman–Crippen MR) is 201 cm³/mol. The second-order valence-corrected chi connectivity index (χ2v) is 15.2. The average molecular weight is 759 g/mol. The molecule has 0 fully saturated rings. The minimum absolute atomic E-state index is 0.0864. The first-order valence-corrected chi connectivity index (χ1v) is 18.0. The molecule has 2 rings (SSSR count). The predicted octanol–water partition coefficient (Wildman–Crippen LogP) is 5.12. The van der Waals surface area contributed by atoms with Crippen molar-refractivity contribution >= 4 is 35.7 Å². The van der Waals surface area contributed by atoms with E-state index in [9.17, 15) is 49.2 Å². The van der Waals surface area contributed by atoms with E-state index in [4.69, 9.17) is 9.84 Å². The van der Waals surface area contributed by atoms with Gasteiger partial charge in [0.25, 0.3) is 0 Å². The van der Waals surface area contributed by atoms with Gasteiger partial charge in [0.05, 0.1) is 23.9 Å². The number of carboxylic acids is 2. The number of carbonyl (C=O) groups excluding carboxylic acids is 3. The number of Topliss-reactive ketones (excluding diaryl/α,β-unsaturated/α-hetero) is 2. The summed E-state index contributed by atoms with van der Waals surface area (Å²) in [4.78, 5) is 70.9. The van der Waals surface area contributed by atoms with E-state index in [2.05, 4.69) is 10.6 Å². The smallest absolute Gasteiger partial charge is 0.407 e. The molecule has 0 spiro atoms. The monoisotopic (exact) mass is 758 g/mol. The van der Waals surface area contributed by atoms with Crippen molar-refractivity contribution in [1.29, 1.82) is 0 Å². The molecule has 2 aromatic carbocycles. The summed E-state index contributed by atoms with van der Waals surface area (Å²) in [6, 6.07) is 16.0. The molecule has 2 amide bonds. The normalized spacial score (nSPS) is 14.6. The highest BCUT2D eigenvalue weighted by atomic mass is 16.6. The van der Waals surface area contributed by atoms with Gasteiger partial charge in [-0.2, -0.15) is 0 Å². The van der Waals surface area contributed by atoms with Crippen molar-refractivity contribution in [1.82, 2.24) is 10.6 Å². The first-order valence-electron chi connectivity index (χ1n) is 18.0. The molecule has 2 aromatic rings. The Bertz CT molecular complexity index is 1490. The van der Waals surface area contributed by atoms with Gasteiger partial charge in [0.15, 0.2) is 11.6 Å². The van der Waals surface area contributed by atoms with E-state index < -0.39 is 77.4 Å². The van der Waals surface area contributed by atoms with Crippen LogP contribution < -0.4 is 10.6 Å². The average Bonchev–Trinajstić information content (AvgIpc) is 3.06. The summed E-state index contributed by atoms with van der Waals surface area (Å²) >= 11 is 0. The third-order valence-electron chi connectivity index (χ3n) is 8.14. The molecule has 0 heterocycles. The first-order chi connectivity index (χ1) is 25.1. The molecule has 0 aliphatic rings. The van der Waals surface area contributed by atoms with E-state index in [1.165, 1.54) is 0 Å². The quantitative estimate of drug-likeness (QED) is 0.0932. The number of hydrogen-bond donors (Lipinski definition) is 7.